The van der Waals surface area contributed by atoms with Gasteiger partial charge in [-0.05, 0) is 52.3 Å². The number of rotatable bonds is 5. The molecule has 0 saturated heterocycles. The third kappa shape index (κ3) is 6.55. The highest BCUT2D eigenvalue weighted by Crippen LogP contribution is 2.20. The summed E-state index contributed by atoms with van der Waals surface area (Å²) in [6.45, 7) is 10.1. The van der Waals surface area contributed by atoms with Crippen LogP contribution < -0.4 is 10.1 Å². The molecule has 0 saturated carbocycles. The van der Waals surface area contributed by atoms with Crippen LogP contribution in [0.5, 0.6) is 5.75 Å². The van der Waals surface area contributed by atoms with Crippen molar-refractivity contribution in [2.45, 2.75) is 52.3 Å². The van der Waals surface area contributed by atoms with E-state index in [1.165, 1.54) is 6.07 Å². The van der Waals surface area contributed by atoms with Crippen molar-refractivity contribution in [1.82, 2.24) is 5.32 Å². The lowest BCUT2D eigenvalue weighted by Gasteiger charge is -2.21. The van der Waals surface area contributed by atoms with E-state index in [-0.39, 0.29) is 17.9 Å². The molecule has 0 bridgehead atoms. The zero-order valence-electron chi connectivity index (χ0n) is 12.4. The predicted molar refractivity (Wildman–Crippen MR) is 74.8 cm³/mol. The van der Waals surface area contributed by atoms with Gasteiger partial charge in [0.25, 0.3) is 0 Å². The minimum absolute atomic E-state index is 0.00738. The summed E-state index contributed by atoms with van der Waals surface area (Å²) in [6.07, 6.45) is 0. The molecule has 0 aliphatic heterocycles. The van der Waals surface area contributed by atoms with Gasteiger partial charge in [-0.25, -0.2) is 4.39 Å². The van der Waals surface area contributed by atoms with Gasteiger partial charge in [0.1, 0.15) is 6.61 Å². The molecule has 2 N–H and O–H groups in total. The predicted octanol–water partition coefficient (Wildman–Crippen LogP) is 2.86. The maximum Gasteiger partial charge on any atom is 0.165 e. The van der Waals surface area contributed by atoms with E-state index in [1.807, 2.05) is 6.07 Å². The maximum absolute atomic E-state index is 13.8. The molecule has 0 aromatic heterocycles. The topological polar surface area (TPSA) is 41.5 Å². The number of aliphatic hydroxyl groups is 1. The Labute approximate surface area is 114 Å². The molecule has 19 heavy (non-hydrogen) atoms. The van der Waals surface area contributed by atoms with E-state index in [9.17, 15) is 9.50 Å². The lowest BCUT2D eigenvalue weighted by Crippen LogP contribution is -2.35. The van der Waals surface area contributed by atoms with Gasteiger partial charge < -0.3 is 15.2 Å². The minimum atomic E-state index is -0.973. The van der Waals surface area contributed by atoms with Crippen molar-refractivity contribution in [2.24, 2.45) is 0 Å². The highest BCUT2D eigenvalue weighted by molar-refractivity contribution is 5.29. The molecule has 0 amide bonds. The average Bonchev–Trinajstić information content (AvgIpc) is 2.22. The highest BCUT2D eigenvalue weighted by Gasteiger charge is 2.15. The van der Waals surface area contributed by atoms with Gasteiger partial charge in [0.05, 0.1) is 5.60 Å². The van der Waals surface area contributed by atoms with Crippen molar-refractivity contribution in [3.63, 3.8) is 0 Å². The third-order valence-corrected chi connectivity index (χ3v) is 2.40. The first kappa shape index (κ1) is 15.9. The van der Waals surface area contributed by atoms with Crippen molar-refractivity contribution in [3.8, 4) is 5.75 Å². The fourth-order valence-electron chi connectivity index (χ4n) is 1.39. The second-order valence-corrected chi connectivity index (χ2v) is 6.47. The lowest BCUT2D eigenvalue weighted by atomic mass is 10.1. The SMILES string of the molecule is CC(C)(O)COc1ccc(CNC(C)(C)C)cc1F. The molecule has 0 fully saturated rings. The Morgan fingerprint density at radius 3 is 2.32 bits per heavy atom. The quantitative estimate of drug-likeness (QED) is 0.863. The molecule has 4 heteroatoms. The average molecular weight is 269 g/mol. The van der Waals surface area contributed by atoms with Crippen LogP contribution >= 0.6 is 0 Å². The maximum atomic E-state index is 13.8. The Bertz CT molecular complexity index is 419. The van der Waals surface area contributed by atoms with Crippen LogP contribution in [0.3, 0.4) is 0 Å². The van der Waals surface area contributed by atoms with Gasteiger partial charge >= 0.3 is 0 Å². The summed E-state index contributed by atoms with van der Waals surface area (Å²) < 4.78 is 19.1. The van der Waals surface area contributed by atoms with E-state index < -0.39 is 11.4 Å². The molecule has 0 aliphatic carbocycles. The smallest absolute Gasteiger partial charge is 0.165 e. The van der Waals surface area contributed by atoms with Gasteiger partial charge in [0.2, 0.25) is 0 Å². The van der Waals surface area contributed by atoms with Gasteiger partial charge in [0.15, 0.2) is 11.6 Å². The first-order valence-electron chi connectivity index (χ1n) is 6.45. The van der Waals surface area contributed by atoms with E-state index in [1.54, 1.807) is 19.9 Å². The number of hydrogen-bond acceptors (Lipinski definition) is 3. The molecule has 0 atom stereocenters. The number of hydrogen-bond donors (Lipinski definition) is 2. The number of nitrogens with one attached hydrogen (secondary N) is 1. The van der Waals surface area contributed by atoms with Crippen molar-refractivity contribution in [2.75, 3.05) is 6.61 Å². The monoisotopic (exact) mass is 269 g/mol. The standard InChI is InChI=1S/C15H24FNO2/c1-14(2,3)17-9-11-6-7-13(12(16)8-11)19-10-15(4,5)18/h6-8,17-18H,9-10H2,1-5H3. The summed E-state index contributed by atoms with van der Waals surface area (Å²) in [5.74, 6) is -0.237. The highest BCUT2D eigenvalue weighted by atomic mass is 19.1. The summed E-state index contributed by atoms with van der Waals surface area (Å²) >= 11 is 0. The number of ether oxygens (including phenoxy) is 1. The summed E-state index contributed by atoms with van der Waals surface area (Å²) in [5.41, 5.74) is -0.117. The van der Waals surface area contributed by atoms with E-state index in [0.29, 0.717) is 6.54 Å². The molecule has 1 aromatic rings. The van der Waals surface area contributed by atoms with Gasteiger partial charge in [-0.1, -0.05) is 6.07 Å². The summed E-state index contributed by atoms with van der Waals surface area (Å²) in [6, 6.07) is 4.88. The molecule has 1 rings (SSSR count). The van der Waals surface area contributed by atoms with Crippen molar-refractivity contribution < 1.29 is 14.2 Å². The van der Waals surface area contributed by atoms with Crippen LogP contribution in [-0.2, 0) is 6.54 Å². The van der Waals surface area contributed by atoms with E-state index in [4.69, 9.17) is 4.74 Å². The fourth-order valence-corrected chi connectivity index (χ4v) is 1.39. The van der Waals surface area contributed by atoms with Crippen LogP contribution in [0.15, 0.2) is 18.2 Å². The van der Waals surface area contributed by atoms with E-state index in [2.05, 4.69) is 26.1 Å². The summed E-state index contributed by atoms with van der Waals surface area (Å²) in [7, 11) is 0. The number of halogens is 1. The minimum Gasteiger partial charge on any atom is -0.488 e. The molecule has 0 aliphatic rings. The van der Waals surface area contributed by atoms with Gasteiger partial charge in [0, 0.05) is 12.1 Å². The fraction of sp³-hybridized carbons (Fsp3) is 0.600. The van der Waals surface area contributed by atoms with Crippen LogP contribution in [0.4, 0.5) is 4.39 Å². The lowest BCUT2D eigenvalue weighted by molar-refractivity contribution is 0.0271. The van der Waals surface area contributed by atoms with E-state index >= 15 is 0 Å². The zero-order valence-corrected chi connectivity index (χ0v) is 12.4. The Morgan fingerprint density at radius 1 is 1.21 bits per heavy atom. The van der Waals surface area contributed by atoms with Crippen LogP contribution in [0.1, 0.15) is 40.2 Å². The molecule has 0 radical (unpaired) electrons. The Morgan fingerprint density at radius 2 is 1.84 bits per heavy atom. The largest absolute Gasteiger partial charge is 0.488 e. The van der Waals surface area contributed by atoms with Gasteiger partial charge in [-0.2, -0.15) is 0 Å². The van der Waals surface area contributed by atoms with Gasteiger partial charge in [-0.3, -0.25) is 0 Å². The Kier molecular flexibility index (Phi) is 4.93. The Hall–Kier alpha value is -1.13. The summed E-state index contributed by atoms with van der Waals surface area (Å²) in [5, 5.41) is 12.8. The molecular formula is C15H24FNO2. The third-order valence-electron chi connectivity index (χ3n) is 2.40. The summed E-state index contributed by atoms with van der Waals surface area (Å²) in [4.78, 5) is 0. The molecule has 0 unspecified atom stereocenters. The molecule has 1 aromatic carbocycles. The Balaban J connectivity index is 2.64. The van der Waals surface area contributed by atoms with Crippen LogP contribution in [0.25, 0.3) is 0 Å². The first-order chi connectivity index (χ1) is 8.57. The molecule has 0 spiro atoms. The van der Waals surface area contributed by atoms with Crippen molar-refractivity contribution in [3.05, 3.63) is 29.6 Å². The molecule has 0 heterocycles. The second-order valence-electron chi connectivity index (χ2n) is 6.47. The van der Waals surface area contributed by atoms with Crippen LogP contribution in [0.2, 0.25) is 0 Å². The number of benzene rings is 1. The second kappa shape index (κ2) is 5.88. The molecule has 108 valence electrons. The molecular weight excluding hydrogens is 245 g/mol. The normalized spacial score (nSPS) is 12.6. The van der Waals surface area contributed by atoms with Gasteiger partial charge in [-0.15, -0.1) is 0 Å². The van der Waals surface area contributed by atoms with Crippen LogP contribution in [-0.4, -0.2) is 22.9 Å². The molecule has 3 nitrogen and oxygen atoms in total. The van der Waals surface area contributed by atoms with E-state index in [0.717, 1.165) is 5.56 Å². The zero-order chi connectivity index (χ0) is 14.7. The van der Waals surface area contributed by atoms with Crippen molar-refractivity contribution in [1.29, 1.82) is 0 Å². The first-order valence-corrected chi connectivity index (χ1v) is 6.45. The van der Waals surface area contributed by atoms with Crippen molar-refractivity contribution >= 4 is 0 Å². The van der Waals surface area contributed by atoms with Crippen LogP contribution in [0, 0.1) is 5.82 Å².